The van der Waals surface area contributed by atoms with Crippen molar-refractivity contribution in [2.45, 2.75) is 65.7 Å². The van der Waals surface area contributed by atoms with E-state index in [4.69, 9.17) is 0 Å². The Balaban J connectivity index is 1.31. The molecule has 9 aromatic rings. The van der Waals surface area contributed by atoms with Crippen LogP contribution in [0.25, 0.3) is 89.8 Å². The van der Waals surface area contributed by atoms with E-state index in [-0.39, 0.29) is 10.8 Å². The van der Waals surface area contributed by atoms with Gasteiger partial charge in [-0.2, -0.15) is 10.5 Å². The van der Waals surface area contributed by atoms with Gasteiger partial charge in [-0.1, -0.05) is 121 Å². The molecule has 0 unspecified atom stereocenters. The lowest BCUT2D eigenvalue weighted by molar-refractivity contribution is 0.590. The van der Waals surface area contributed by atoms with Crippen molar-refractivity contribution in [3.63, 3.8) is 0 Å². The van der Waals surface area contributed by atoms with Gasteiger partial charge in [0.05, 0.1) is 55.8 Å². The first-order chi connectivity index (χ1) is 30.4. The van der Waals surface area contributed by atoms with Crippen LogP contribution in [-0.2, 0) is 17.3 Å². The normalized spacial score (nSPS) is 13.1. The number of allylic oxidation sites excluding steroid dienone is 4. The van der Waals surface area contributed by atoms with E-state index in [0.29, 0.717) is 11.1 Å². The van der Waals surface area contributed by atoms with Gasteiger partial charge < -0.3 is 13.7 Å². The van der Waals surface area contributed by atoms with Gasteiger partial charge >= 0.3 is 0 Å². The molecular formula is C58H49N5. The molecule has 10 rings (SSSR count). The molecule has 5 heteroatoms. The van der Waals surface area contributed by atoms with Gasteiger partial charge in [-0.15, -0.1) is 0 Å². The van der Waals surface area contributed by atoms with E-state index >= 15 is 0 Å². The molecule has 0 fully saturated rings. The number of aromatic nitrogens is 3. The third kappa shape index (κ3) is 6.11. The minimum atomic E-state index is -0.0555. The Morgan fingerprint density at radius 1 is 0.603 bits per heavy atom. The first-order valence-electron chi connectivity index (χ1n) is 21.8. The summed E-state index contributed by atoms with van der Waals surface area (Å²) >= 11 is 0. The quantitative estimate of drug-likeness (QED) is 0.174. The van der Waals surface area contributed by atoms with Crippen molar-refractivity contribution < 1.29 is 0 Å². The molecule has 0 saturated carbocycles. The fourth-order valence-electron chi connectivity index (χ4n) is 9.81. The highest BCUT2D eigenvalue weighted by atomic mass is 15.0. The molecule has 63 heavy (non-hydrogen) atoms. The zero-order valence-corrected chi connectivity index (χ0v) is 37.0. The zero-order valence-electron chi connectivity index (χ0n) is 37.0. The number of benzene rings is 6. The lowest BCUT2D eigenvalue weighted by Crippen LogP contribution is -2.10. The van der Waals surface area contributed by atoms with Crippen LogP contribution in [0.2, 0.25) is 0 Å². The van der Waals surface area contributed by atoms with E-state index in [1.54, 1.807) is 6.07 Å². The number of hydrogen-bond donors (Lipinski definition) is 0. The first-order valence-corrected chi connectivity index (χ1v) is 21.8. The van der Waals surface area contributed by atoms with Crippen molar-refractivity contribution in [1.82, 2.24) is 13.7 Å². The second-order valence-corrected chi connectivity index (χ2v) is 18.8. The number of fused-ring (bicyclic) bond motifs is 9. The van der Waals surface area contributed by atoms with Crippen molar-refractivity contribution in [3.05, 3.63) is 179 Å². The maximum absolute atomic E-state index is 11.0. The van der Waals surface area contributed by atoms with Crippen molar-refractivity contribution in [2.75, 3.05) is 0 Å². The minimum Gasteiger partial charge on any atom is -0.309 e. The Labute approximate surface area is 369 Å². The summed E-state index contributed by atoms with van der Waals surface area (Å²) in [5, 5.41) is 27.5. The standard InChI is InChI=1S/C58H49N5/c1-9-16-43-44-19-14-15-20-49(44)61(48(43)10-2)41-24-28-52-47(32-41)56-42-18-13-11-12-17-36(42)21-25-53(56)63(52)55-33-54(37(34-59)29-38(55)35-60)62-50-26-22-39(57(3,4)5)30-45(50)46-31-40(58(6,7)8)23-27-51(46)62/h9-16,18-33H,2,17H2,1,3-8H3/b16-9-. The molecule has 0 N–H and O–H groups in total. The van der Waals surface area contributed by atoms with Gasteiger partial charge in [0.15, 0.2) is 0 Å². The van der Waals surface area contributed by atoms with E-state index in [9.17, 15) is 10.5 Å². The predicted octanol–water partition coefficient (Wildman–Crippen LogP) is 15.0. The molecule has 3 aromatic heterocycles. The maximum atomic E-state index is 11.0. The van der Waals surface area contributed by atoms with Crippen LogP contribution in [0.15, 0.2) is 134 Å². The smallest absolute Gasteiger partial charge is 0.101 e. The second kappa shape index (κ2) is 14.5. The van der Waals surface area contributed by atoms with Crippen LogP contribution in [0.1, 0.15) is 93.1 Å². The topological polar surface area (TPSA) is 62.4 Å². The van der Waals surface area contributed by atoms with E-state index in [0.717, 1.165) is 94.8 Å². The lowest BCUT2D eigenvalue weighted by Gasteiger charge is -2.19. The second-order valence-electron chi connectivity index (χ2n) is 18.8. The predicted molar refractivity (Wildman–Crippen MR) is 265 cm³/mol. The number of hydrogen-bond acceptors (Lipinski definition) is 2. The Bertz CT molecular complexity index is 3530. The van der Waals surface area contributed by atoms with Crippen LogP contribution >= 0.6 is 0 Å². The van der Waals surface area contributed by atoms with Crippen LogP contribution in [0, 0.1) is 22.7 Å². The molecule has 0 saturated heterocycles. The summed E-state index contributed by atoms with van der Waals surface area (Å²) < 4.78 is 6.77. The summed E-state index contributed by atoms with van der Waals surface area (Å²) in [5.74, 6) is 0. The van der Waals surface area contributed by atoms with E-state index in [1.807, 2.05) is 13.0 Å². The SMILES string of the molecule is C=Cc1c(/C=C\C)c2ccccc2n1-c1ccc2c(c1)c1c3c(ccc1n2-c1cc(-n2c4ccc(C(C)(C)C)cc4c4cc(C(C)(C)C)ccc42)c(C#N)cc1C#N)CC=CC=C3. The average Bonchev–Trinajstić information content (AvgIpc) is 3.81. The van der Waals surface area contributed by atoms with Gasteiger partial charge in [-0.05, 0) is 119 Å². The third-order valence-corrected chi connectivity index (χ3v) is 13.0. The van der Waals surface area contributed by atoms with Gasteiger partial charge in [0.2, 0.25) is 0 Å². The Hall–Kier alpha value is -7.60. The van der Waals surface area contributed by atoms with Gasteiger partial charge in [0.25, 0.3) is 0 Å². The minimum absolute atomic E-state index is 0.0555. The molecule has 1 aliphatic carbocycles. The highest BCUT2D eigenvalue weighted by Gasteiger charge is 2.26. The largest absolute Gasteiger partial charge is 0.309 e. The maximum Gasteiger partial charge on any atom is 0.101 e. The molecular weight excluding hydrogens is 767 g/mol. The van der Waals surface area contributed by atoms with Gasteiger partial charge in [0, 0.05) is 38.2 Å². The van der Waals surface area contributed by atoms with Crippen molar-refractivity contribution >= 4 is 72.7 Å². The fraction of sp³-hybridized carbons (Fsp3) is 0.172. The van der Waals surface area contributed by atoms with Gasteiger partial charge in [-0.3, -0.25) is 0 Å². The van der Waals surface area contributed by atoms with Crippen molar-refractivity contribution in [3.8, 4) is 29.2 Å². The van der Waals surface area contributed by atoms with Gasteiger partial charge in [-0.25, -0.2) is 0 Å². The number of nitrogens with zero attached hydrogens (tertiary/aromatic N) is 5. The summed E-state index contributed by atoms with van der Waals surface area (Å²) in [5.41, 5.74) is 15.4. The third-order valence-electron chi connectivity index (χ3n) is 13.0. The van der Waals surface area contributed by atoms with E-state index < -0.39 is 0 Å². The van der Waals surface area contributed by atoms with Crippen molar-refractivity contribution in [2.24, 2.45) is 0 Å². The van der Waals surface area contributed by atoms with Crippen LogP contribution < -0.4 is 0 Å². The number of rotatable bonds is 5. The van der Waals surface area contributed by atoms with Crippen LogP contribution in [0.5, 0.6) is 0 Å². The highest BCUT2D eigenvalue weighted by molar-refractivity contribution is 6.15. The molecule has 0 atom stereocenters. The molecule has 0 spiro atoms. The lowest BCUT2D eigenvalue weighted by atomic mass is 9.85. The molecule has 6 aromatic carbocycles. The van der Waals surface area contributed by atoms with Crippen LogP contribution in [-0.4, -0.2) is 13.7 Å². The first kappa shape index (κ1) is 39.5. The monoisotopic (exact) mass is 815 g/mol. The van der Waals surface area contributed by atoms with Crippen LogP contribution in [0.3, 0.4) is 0 Å². The molecule has 3 heterocycles. The molecule has 0 amide bonds. The zero-order chi connectivity index (χ0) is 43.9. The molecule has 5 nitrogen and oxygen atoms in total. The Kier molecular flexibility index (Phi) is 9.10. The summed E-state index contributed by atoms with van der Waals surface area (Å²) in [6.45, 7) is 19.8. The summed E-state index contributed by atoms with van der Waals surface area (Å²) in [7, 11) is 0. The van der Waals surface area contributed by atoms with Gasteiger partial charge in [0.1, 0.15) is 12.1 Å². The molecule has 1 aliphatic rings. The molecule has 0 radical (unpaired) electrons. The molecule has 0 bridgehead atoms. The highest BCUT2D eigenvalue weighted by Crippen LogP contribution is 2.43. The van der Waals surface area contributed by atoms with Crippen LogP contribution in [0.4, 0.5) is 0 Å². The molecule has 0 aliphatic heterocycles. The van der Waals surface area contributed by atoms with E-state index in [2.05, 4.69) is 207 Å². The summed E-state index contributed by atoms with van der Waals surface area (Å²) in [6.07, 6.45) is 15.6. The number of nitriles is 2. The fourth-order valence-corrected chi connectivity index (χ4v) is 9.81. The Morgan fingerprint density at radius 2 is 1.19 bits per heavy atom. The number of para-hydroxylation sites is 1. The summed E-state index contributed by atoms with van der Waals surface area (Å²) in [4.78, 5) is 0. The van der Waals surface area contributed by atoms with Crippen molar-refractivity contribution in [1.29, 1.82) is 10.5 Å². The average molecular weight is 816 g/mol. The summed E-state index contributed by atoms with van der Waals surface area (Å²) in [6, 6.07) is 41.9. The van der Waals surface area contributed by atoms with E-state index in [1.165, 1.54) is 16.7 Å². The molecule has 306 valence electrons. The Morgan fingerprint density at radius 3 is 1.81 bits per heavy atom.